The molecule has 4 heterocycles. The Bertz CT molecular complexity index is 928. The fourth-order valence-electron chi connectivity index (χ4n) is 3.60. The van der Waals surface area contributed by atoms with Gasteiger partial charge in [0.1, 0.15) is 0 Å². The van der Waals surface area contributed by atoms with E-state index in [0.29, 0.717) is 5.69 Å². The van der Waals surface area contributed by atoms with Crippen molar-refractivity contribution in [1.82, 2.24) is 9.97 Å². The molecule has 0 amide bonds. The van der Waals surface area contributed by atoms with E-state index in [4.69, 9.17) is 10.7 Å². The molecule has 4 rings (SSSR count). The summed E-state index contributed by atoms with van der Waals surface area (Å²) in [6.07, 6.45) is 5.68. The fourth-order valence-corrected chi connectivity index (χ4v) is 4.59. The van der Waals surface area contributed by atoms with Crippen molar-refractivity contribution in [2.75, 3.05) is 23.3 Å². The lowest BCUT2D eigenvalue weighted by Gasteiger charge is -2.34. The molecule has 0 aliphatic carbocycles. The van der Waals surface area contributed by atoms with Crippen molar-refractivity contribution in [1.29, 1.82) is 0 Å². The minimum absolute atomic E-state index is 0.180. The molecule has 0 spiro atoms. The third-order valence-electron chi connectivity index (χ3n) is 5.06. The first-order chi connectivity index (χ1) is 13.2. The Balaban J connectivity index is 1.59. The number of pyridine rings is 2. The van der Waals surface area contributed by atoms with E-state index in [1.807, 2.05) is 18.2 Å². The van der Waals surface area contributed by atoms with E-state index in [-0.39, 0.29) is 6.04 Å². The largest absolute Gasteiger partial charge is 0.368 e. The van der Waals surface area contributed by atoms with E-state index >= 15 is 0 Å². The van der Waals surface area contributed by atoms with Gasteiger partial charge in [0.15, 0.2) is 6.23 Å². The highest BCUT2D eigenvalue weighted by atomic mass is 32.1. The number of nitrogens with two attached hydrogens (primary N) is 1. The molecule has 1 fully saturated rings. The highest BCUT2D eigenvalue weighted by Crippen LogP contribution is 2.31. The number of aromatic nitrogens is 2. The molecule has 1 aliphatic rings. The van der Waals surface area contributed by atoms with Gasteiger partial charge in [-0.2, -0.15) is 0 Å². The molecule has 142 valence electrons. The third kappa shape index (κ3) is 3.76. The molecule has 0 radical (unpaired) electrons. The highest BCUT2D eigenvalue weighted by molar-refractivity contribution is 7.17. The van der Waals surface area contributed by atoms with E-state index in [1.54, 1.807) is 23.7 Å². The zero-order valence-electron chi connectivity index (χ0n) is 15.4. The number of piperidine rings is 1. The first-order valence-corrected chi connectivity index (χ1v) is 10.3. The molecule has 0 bridgehead atoms. The lowest BCUT2D eigenvalue weighted by atomic mass is 10.1. The van der Waals surface area contributed by atoms with Crippen LogP contribution in [0.2, 0.25) is 0 Å². The molecule has 1 saturated heterocycles. The van der Waals surface area contributed by atoms with E-state index in [1.165, 1.54) is 5.56 Å². The van der Waals surface area contributed by atoms with Crippen LogP contribution in [-0.4, -0.2) is 34.2 Å². The van der Waals surface area contributed by atoms with Gasteiger partial charge in [-0.3, -0.25) is 4.98 Å². The van der Waals surface area contributed by atoms with Crippen molar-refractivity contribution in [2.45, 2.75) is 38.5 Å². The second-order valence-corrected chi connectivity index (χ2v) is 7.90. The summed E-state index contributed by atoms with van der Waals surface area (Å²) in [6.45, 7) is 3.89. The molecule has 3 aromatic heterocycles. The highest BCUT2D eigenvalue weighted by Gasteiger charge is 2.21. The van der Waals surface area contributed by atoms with Crippen molar-refractivity contribution >= 4 is 32.9 Å². The van der Waals surface area contributed by atoms with Crippen molar-refractivity contribution in [3.05, 3.63) is 47.2 Å². The fraction of sp³-hybridized carbons (Fsp3) is 0.400. The summed E-state index contributed by atoms with van der Waals surface area (Å²) < 4.78 is 1.15. The van der Waals surface area contributed by atoms with Gasteiger partial charge in [-0.05, 0) is 48.4 Å². The molecule has 1 aliphatic heterocycles. The molecule has 0 aromatic carbocycles. The molecule has 4 N–H and O–H groups in total. The Kier molecular flexibility index (Phi) is 5.24. The standard InChI is InChI=1S/C20H25N5OS/c1-2-13-12-27-18-6-5-15(23-19(13)18)20(26)24-16-10-22-8-7-17(16)25-9-3-4-14(21)11-25/h5-8,10,12,14,20,24,26H,2-4,9,11,21H2,1H3/t14-,20?/m0/s1. The third-order valence-corrected chi connectivity index (χ3v) is 6.05. The van der Waals surface area contributed by atoms with Crippen LogP contribution < -0.4 is 16.0 Å². The van der Waals surface area contributed by atoms with E-state index < -0.39 is 6.23 Å². The van der Waals surface area contributed by atoms with Gasteiger partial charge in [0.2, 0.25) is 0 Å². The number of hydrogen-bond donors (Lipinski definition) is 3. The summed E-state index contributed by atoms with van der Waals surface area (Å²) in [5.74, 6) is 0. The second kappa shape index (κ2) is 7.80. The number of rotatable bonds is 5. The average Bonchev–Trinajstić information content (AvgIpc) is 3.10. The van der Waals surface area contributed by atoms with Crippen LogP contribution in [0.4, 0.5) is 11.4 Å². The van der Waals surface area contributed by atoms with Gasteiger partial charge in [-0.15, -0.1) is 11.3 Å². The maximum atomic E-state index is 10.8. The Labute approximate surface area is 163 Å². The lowest BCUT2D eigenvalue weighted by molar-refractivity contribution is 0.203. The Morgan fingerprint density at radius 3 is 3.11 bits per heavy atom. The van der Waals surface area contributed by atoms with Gasteiger partial charge < -0.3 is 21.1 Å². The Morgan fingerprint density at radius 2 is 2.30 bits per heavy atom. The monoisotopic (exact) mass is 383 g/mol. The Hall–Kier alpha value is -2.22. The summed E-state index contributed by atoms with van der Waals surface area (Å²) in [5.41, 5.74) is 10.8. The van der Waals surface area contributed by atoms with E-state index in [0.717, 1.165) is 53.9 Å². The summed E-state index contributed by atoms with van der Waals surface area (Å²) in [5, 5.41) is 16.1. The van der Waals surface area contributed by atoms with Crippen molar-refractivity contribution in [2.24, 2.45) is 5.73 Å². The number of aliphatic hydroxyl groups is 1. The van der Waals surface area contributed by atoms with Crippen LogP contribution in [0, 0.1) is 0 Å². The molecule has 3 aromatic rings. The summed E-state index contributed by atoms with van der Waals surface area (Å²) in [4.78, 5) is 11.2. The summed E-state index contributed by atoms with van der Waals surface area (Å²) in [6, 6.07) is 6.06. The predicted molar refractivity (Wildman–Crippen MR) is 111 cm³/mol. The number of hydrogen-bond acceptors (Lipinski definition) is 7. The Morgan fingerprint density at radius 1 is 1.41 bits per heavy atom. The zero-order valence-corrected chi connectivity index (χ0v) is 16.2. The normalized spacial score (nSPS) is 18.6. The van der Waals surface area contributed by atoms with Crippen LogP contribution in [0.3, 0.4) is 0 Å². The first kappa shape index (κ1) is 18.2. The van der Waals surface area contributed by atoms with Gasteiger partial charge in [0.05, 0.1) is 33.5 Å². The predicted octanol–water partition coefficient (Wildman–Crippen LogP) is 3.28. The maximum Gasteiger partial charge on any atom is 0.168 e. The molecule has 2 atom stereocenters. The summed E-state index contributed by atoms with van der Waals surface area (Å²) in [7, 11) is 0. The van der Waals surface area contributed by atoms with E-state index in [2.05, 4.69) is 27.5 Å². The van der Waals surface area contributed by atoms with Crippen LogP contribution in [0.5, 0.6) is 0 Å². The number of anilines is 2. The SMILES string of the molecule is CCc1csc2ccc(C(O)Nc3cnccc3N3CCC[C@H](N)C3)nc12. The number of aryl methyl sites for hydroxylation is 1. The maximum absolute atomic E-state index is 10.8. The van der Waals surface area contributed by atoms with Gasteiger partial charge in [0, 0.05) is 25.3 Å². The van der Waals surface area contributed by atoms with Gasteiger partial charge in [0.25, 0.3) is 0 Å². The van der Waals surface area contributed by atoms with Gasteiger partial charge >= 0.3 is 0 Å². The van der Waals surface area contributed by atoms with Crippen LogP contribution in [0.25, 0.3) is 10.2 Å². The molecular weight excluding hydrogens is 358 g/mol. The van der Waals surface area contributed by atoms with Gasteiger partial charge in [-0.25, -0.2) is 4.98 Å². The van der Waals surface area contributed by atoms with Crippen molar-refractivity contribution < 1.29 is 5.11 Å². The molecule has 0 saturated carbocycles. The number of fused-ring (bicyclic) bond motifs is 1. The molecular formula is C20H25N5OS. The quantitative estimate of drug-likeness (QED) is 0.586. The minimum Gasteiger partial charge on any atom is -0.368 e. The molecule has 1 unspecified atom stereocenters. The summed E-state index contributed by atoms with van der Waals surface area (Å²) >= 11 is 1.69. The topological polar surface area (TPSA) is 87.3 Å². The number of nitrogens with zero attached hydrogens (tertiary/aromatic N) is 3. The number of aliphatic hydroxyl groups excluding tert-OH is 1. The van der Waals surface area contributed by atoms with Crippen molar-refractivity contribution in [3.8, 4) is 0 Å². The molecule has 7 heteroatoms. The zero-order chi connectivity index (χ0) is 18.8. The average molecular weight is 384 g/mol. The number of thiophene rings is 1. The lowest BCUT2D eigenvalue weighted by Crippen LogP contribution is -2.43. The van der Waals surface area contributed by atoms with Crippen LogP contribution in [-0.2, 0) is 6.42 Å². The van der Waals surface area contributed by atoms with E-state index in [9.17, 15) is 5.11 Å². The van der Waals surface area contributed by atoms with Crippen molar-refractivity contribution in [3.63, 3.8) is 0 Å². The molecule has 6 nitrogen and oxygen atoms in total. The first-order valence-electron chi connectivity index (χ1n) is 9.42. The molecule has 27 heavy (non-hydrogen) atoms. The smallest absolute Gasteiger partial charge is 0.168 e. The van der Waals surface area contributed by atoms with Crippen LogP contribution >= 0.6 is 11.3 Å². The van der Waals surface area contributed by atoms with Gasteiger partial charge in [-0.1, -0.05) is 6.92 Å². The second-order valence-electron chi connectivity index (χ2n) is 6.99. The van der Waals surface area contributed by atoms with Crippen LogP contribution in [0.1, 0.15) is 37.3 Å². The minimum atomic E-state index is -0.902. The van der Waals surface area contributed by atoms with Crippen LogP contribution in [0.15, 0.2) is 36.0 Å². The number of nitrogens with one attached hydrogen (secondary N) is 1.